The van der Waals surface area contributed by atoms with Gasteiger partial charge in [0.2, 0.25) is 5.91 Å². The van der Waals surface area contributed by atoms with Gasteiger partial charge in [0.1, 0.15) is 5.75 Å². The molecular formula is C16H17BrN2O3S. The zero-order chi connectivity index (χ0) is 16.8. The number of amides is 2. The summed E-state index contributed by atoms with van der Waals surface area (Å²) in [5.41, 5.74) is 0.420. The van der Waals surface area contributed by atoms with Gasteiger partial charge >= 0.3 is 0 Å². The number of ether oxygens (including phenoxy) is 1. The van der Waals surface area contributed by atoms with Crippen LogP contribution in [0.5, 0.6) is 5.75 Å². The molecule has 0 spiro atoms. The number of methoxy groups -OCH3 is 1. The van der Waals surface area contributed by atoms with E-state index in [2.05, 4.69) is 21.2 Å². The summed E-state index contributed by atoms with van der Waals surface area (Å²) in [5, 5.41) is 4.39. The second kappa shape index (κ2) is 8.24. The lowest BCUT2D eigenvalue weighted by Crippen LogP contribution is -2.38. The highest BCUT2D eigenvalue weighted by atomic mass is 79.9. The van der Waals surface area contributed by atoms with E-state index in [9.17, 15) is 9.59 Å². The minimum atomic E-state index is -0.412. The molecule has 0 atom stereocenters. The first-order valence-electron chi connectivity index (χ1n) is 6.87. The van der Waals surface area contributed by atoms with Gasteiger partial charge in [-0.05, 0) is 53.3 Å². The van der Waals surface area contributed by atoms with E-state index in [-0.39, 0.29) is 12.5 Å². The van der Waals surface area contributed by atoms with E-state index in [1.165, 1.54) is 0 Å². The van der Waals surface area contributed by atoms with Crippen LogP contribution in [0.1, 0.15) is 15.2 Å². The minimum Gasteiger partial charge on any atom is -0.497 e. The zero-order valence-electron chi connectivity index (χ0n) is 12.8. The van der Waals surface area contributed by atoms with Crippen molar-refractivity contribution in [1.29, 1.82) is 0 Å². The monoisotopic (exact) mass is 396 g/mol. The first-order valence-corrected chi connectivity index (χ1v) is 8.55. The quantitative estimate of drug-likeness (QED) is 0.815. The molecule has 1 heterocycles. The van der Waals surface area contributed by atoms with E-state index in [4.69, 9.17) is 4.74 Å². The lowest BCUT2D eigenvalue weighted by atomic mass is 10.2. The van der Waals surface area contributed by atoms with Crippen LogP contribution < -0.4 is 10.1 Å². The Morgan fingerprint density at radius 2 is 2.00 bits per heavy atom. The van der Waals surface area contributed by atoms with E-state index in [1.807, 2.05) is 23.4 Å². The smallest absolute Gasteiger partial charge is 0.257 e. The summed E-state index contributed by atoms with van der Waals surface area (Å²) in [4.78, 5) is 27.0. The fourth-order valence-electron chi connectivity index (χ4n) is 1.98. The van der Waals surface area contributed by atoms with Crippen molar-refractivity contribution in [3.05, 3.63) is 50.6 Å². The Morgan fingerprint density at radius 1 is 1.30 bits per heavy atom. The predicted octanol–water partition coefficient (Wildman–Crippen LogP) is 2.91. The van der Waals surface area contributed by atoms with Crippen molar-refractivity contribution in [2.45, 2.75) is 6.54 Å². The summed E-state index contributed by atoms with van der Waals surface area (Å²) < 4.78 is 6.07. The summed E-state index contributed by atoms with van der Waals surface area (Å²) in [6.45, 7) is 0.803. The van der Waals surface area contributed by atoms with Crippen LogP contribution in [-0.4, -0.2) is 37.4 Å². The topological polar surface area (TPSA) is 58.6 Å². The van der Waals surface area contributed by atoms with Crippen LogP contribution in [-0.2, 0) is 11.3 Å². The first-order chi connectivity index (χ1) is 11.0. The number of carbonyl (C=O) groups excluding carboxylic acids is 2. The molecule has 0 aliphatic carbocycles. The molecule has 0 saturated carbocycles. The third kappa shape index (κ3) is 5.46. The molecule has 7 heteroatoms. The molecule has 0 fully saturated rings. The van der Waals surface area contributed by atoms with Crippen LogP contribution in [0.3, 0.4) is 0 Å². The number of imide groups is 1. The fraction of sp³-hybridized carbons (Fsp3) is 0.250. The van der Waals surface area contributed by atoms with Crippen LogP contribution in [0.4, 0.5) is 0 Å². The molecule has 1 aromatic heterocycles. The van der Waals surface area contributed by atoms with Crippen LogP contribution in [0.15, 0.2) is 40.2 Å². The van der Waals surface area contributed by atoms with Gasteiger partial charge < -0.3 is 4.74 Å². The molecule has 0 saturated heterocycles. The lowest BCUT2D eigenvalue weighted by molar-refractivity contribution is -0.121. The van der Waals surface area contributed by atoms with Gasteiger partial charge in [0.05, 0.1) is 13.7 Å². The molecule has 2 amide bonds. The number of rotatable bonds is 6. The van der Waals surface area contributed by atoms with E-state index >= 15 is 0 Å². The zero-order valence-corrected chi connectivity index (χ0v) is 15.2. The van der Waals surface area contributed by atoms with E-state index < -0.39 is 5.91 Å². The summed E-state index contributed by atoms with van der Waals surface area (Å²) in [6.07, 6.45) is 0. The molecular weight excluding hydrogens is 380 g/mol. The Morgan fingerprint density at radius 3 is 2.57 bits per heavy atom. The summed E-state index contributed by atoms with van der Waals surface area (Å²) >= 11 is 5.02. The number of nitrogens with zero attached hydrogens (tertiary/aromatic N) is 1. The van der Waals surface area contributed by atoms with Crippen molar-refractivity contribution < 1.29 is 14.3 Å². The maximum atomic E-state index is 12.0. The second-order valence-electron chi connectivity index (χ2n) is 5.01. The SMILES string of the molecule is COc1ccc(C(=O)NC(=O)CN(C)Cc2cc(Br)cs2)cc1. The molecule has 23 heavy (non-hydrogen) atoms. The first kappa shape index (κ1) is 17.7. The van der Waals surface area contributed by atoms with Crippen molar-refractivity contribution in [3.8, 4) is 5.75 Å². The highest BCUT2D eigenvalue weighted by Gasteiger charge is 2.13. The van der Waals surface area contributed by atoms with Crippen LogP contribution in [0, 0.1) is 0 Å². The Hall–Kier alpha value is -1.70. The van der Waals surface area contributed by atoms with Crippen molar-refractivity contribution in [3.63, 3.8) is 0 Å². The van der Waals surface area contributed by atoms with Gasteiger partial charge in [0.25, 0.3) is 5.91 Å². The normalized spacial score (nSPS) is 10.6. The Balaban J connectivity index is 1.84. The predicted molar refractivity (Wildman–Crippen MR) is 93.8 cm³/mol. The van der Waals surface area contributed by atoms with Gasteiger partial charge in [-0.3, -0.25) is 19.8 Å². The molecule has 2 rings (SSSR count). The van der Waals surface area contributed by atoms with Gasteiger partial charge in [-0.1, -0.05) is 0 Å². The highest BCUT2D eigenvalue weighted by Crippen LogP contribution is 2.20. The number of hydrogen-bond donors (Lipinski definition) is 1. The standard InChI is InChI=1S/C16H17BrN2O3S/c1-19(8-14-7-12(17)10-23-14)9-15(20)18-16(21)11-3-5-13(22-2)6-4-11/h3-7,10H,8-9H2,1-2H3,(H,18,20,21). The van der Waals surface area contributed by atoms with Crippen molar-refractivity contribution in [2.75, 3.05) is 20.7 Å². The highest BCUT2D eigenvalue weighted by molar-refractivity contribution is 9.10. The second-order valence-corrected chi connectivity index (χ2v) is 6.92. The number of nitrogens with one attached hydrogen (secondary N) is 1. The third-order valence-electron chi connectivity index (χ3n) is 3.07. The van der Waals surface area contributed by atoms with Crippen molar-refractivity contribution in [1.82, 2.24) is 10.2 Å². The summed E-state index contributed by atoms with van der Waals surface area (Å²) in [5.74, 6) is -0.0800. The van der Waals surface area contributed by atoms with E-state index in [0.29, 0.717) is 17.9 Å². The minimum absolute atomic E-state index is 0.150. The maximum Gasteiger partial charge on any atom is 0.257 e. The number of carbonyl (C=O) groups is 2. The molecule has 0 radical (unpaired) electrons. The fourth-order valence-corrected chi connectivity index (χ4v) is 3.51. The molecule has 1 aromatic carbocycles. The maximum absolute atomic E-state index is 12.0. The van der Waals surface area contributed by atoms with Crippen LogP contribution in [0.2, 0.25) is 0 Å². The Kier molecular flexibility index (Phi) is 6.32. The largest absolute Gasteiger partial charge is 0.497 e. The van der Waals surface area contributed by atoms with E-state index in [0.717, 1.165) is 9.35 Å². The van der Waals surface area contributed by atoms with Gasteiger partial charge in [0, 0.05) is 26.8 Å². The van der Waals surface area contributed by atoms with Crippen molar-refractivity contribution in [2.24, 2.45) is 0 Å². The summed E-state index contributed by atoms with van der Waals surface area (Å²) in [7, 11) is 3.39. The van der Waals surface area contributed by atoms with Crippen LogP contribution in [0.25, 0.3) is 0 Å². The number of likely N-dealkylation sites (N-methyl/N-ethyl adjacent to an activating group) is 1. The average Bonchev–Trinajstić information content (AvgIpc) is 2.91. The molecule has 5 nitrogen and oxygen atoms in total. The van der Waals surface area contributed by atoms with Gasteiger partial charge in [0.15, 0.2) is 0 Å². The molecule has 2 aromatic rings. The van der Waals surface area contributed by atoms with Gasteiger partial charge in [-0.15, -0.1) is 11.3 Å². The number of hydrogen-bond acceptors (Lipinski definition) is 5. The van der Waals surface area contributed by atoms with Gasteiger partial charge in [-0.2, -0.15) is 0 Å². The third-order valence-corrected chi connectivity index (χ3v) is 4.75. The van der Waals surface area contributed by atoms with Crippen molar-refractivity contribution >= 4 is 39.1 Å². The number of benzene rings is 1. The van der Waals surface area contributed by atoms with E-state index in [1.54, 1.807) is 42.7 Å². The van der Waals surface area contributed by atoms with Crippen LogP contribution >= 0.6 is 27.3 Å². The molecule has 122 valence electrons. The molecule has 0 aliphatic rings. The molecule has 0 unspecified atom stereocenters. The molecule has 1 N–H and O–H groups in total. The molecule has 0 aliphatic heterocycles. The summed E-state index contributed by atoms with van der Waals surface area (Å²) in [6, 6.07) is 8.62. The molecule has 0 bridgehead atoms. The number of thiophene rings is 1. The lowest BCUT2D eigenvalue weighted by Gasteiger charge is -2.14. The Labute approximate surface area is 147 Å². The number of halogens is 1. The Bertz CT molecular complexity index is 685. The average molecular weight is 397 g/mol. The van der Waals surface area contributed by atoms with Gasteiger partial charge in [-0.25, -0.2) is 0 Å².